The third-order valence-corrected chi connectivity index (χ3v) is 7.43. The lowest BCUT2D eigenvalue weighted by molar-refractivity contribution is -0.384. The number of fused-ring (bicyclic) bond motifs is 4. The summed E-state index contributed by atoms with van der Waals surface area (Å²) in [6, 6.07) is 20.0. The van der Waals surface area contributed by atoms with E-state index in [1.54, 1.807) is 28.0 Å². The van der Waals surface area contributed by atoms with E-state index >= 15 is 0 Å². The first-order valence-corrected chi connectivity index (χ1v) is 12.0. The fraction of sp³-hybridized carbons (Fsp3) is 0.185. The molecule has 0 spiro atoms. The Hall–Kier alpha value is -4.17. The molecule has 8 nitrogen and oxygen atoms in total. The Balaban J connectivity index is 1.47. The molecule has 4 aromatic rings. The molecule has 1 aromatic heterocycles. The molecule has 1 fully saturated rings. The highest BCUT2D eigenvalue weighted by molar-refractivity contribution is 6.31. The fourth-order valence-electron chi connectivity index (χ4n) is 5.44. The smallest absolute Gasteiger partial charge is 0.269 e. The highest BCUT2D eigenvalue weighted by atomic mass is 35.5. The maximum Gasteiger partial charge on any atom is 0.269 e. The van der Waals surface area contributed by atoms with E-state index in [0.29, 0.717) is 17.0 Å². The number of non-ortho nitro benzene ring substituents is 1. The minimum Gasteiger partial charge on any atom is -0.356 e. The summed E-state index contributed by atoms with van der Waals surface area (Å²) < 4.78 is 0. The van der Waals surface area contributed by atoms with Crippen molar-refractivity contribution in [2.45, 2.75) is 25.0 Å². The molecule has 1 N–H and O–H groups in total. The van der Waals surface area contributed by atoms with Gasteiger partial charge in [0.05, 0.1) is 11.0 Å². The molecule has 0 bridgehead atoms. The fourth-order valence-corrected chi connectivity index (χ4v) is 5.64. The number of nitro groups is 1. The Morgan fingerprint density at radius 1 is 1.03 bits per heavy atom. The van der Waals surface area contributed by atoms with E-state index in [0.717, 1.165) is 27.7 Å². The number of nitrogens with one attached hydrogen (secondary N) is 1. The van der Waals surface area contributed by atoms with Crippen molar-refractivity contribution in [3.8, 4) is 0 Å². The minimum atomic E-state index is -0.732. The zero-order valence-corrected chi connectivity index (χ0v) is 19.8. The third kappa shape index (κ3) is 3.53. The molecule has 3 heterocycles. The van der Waals surface area contributed by atoms with Crippen molar-refractivity contribution >= 4 is 40.0 Å². The largest absolute Gasteiger partial charge is 0.356 e. The number of H-pyrrole nitrogens is 1. The van der Waals surface area contributed by atoms with Crippen LogP contribution in [0.4, 0.5) is 5.69 Å². The van der Waals surface area contributed by atoms with E-state index in [2.05, 4.69) is 4.98 Å². The first kappa shape index (κ1) is 22.3. The van der Waals surface area contributed by atoms with E-state index in [1.807, 2.05) is 42.5 Å². The van der Waals surface area contributed by atoms with Crippen molar-refractivity contribution in [1.29, 1.82) is 0 Å². The van der Waals surface area contributed by atoms with Gasteiger partial charge in [-0.2, -0.15) is 0 Å². The van der Waals surface area contributed by atoms with Crippen molar-refractivity contribution in [1.82, 2.24) is 14.8 Å². The molecule has 1 saturated heterocycles. The number of hydrogen-bond acceptors (Lipinski definition) is 4. The van der Waals surface area contributed by atoms with E-state index < -0.39 is 17.0 Å². The summed E-state index contributed by atoms with van der Waals surface area (Å²) in [6.45, 7) is 0.137. The molecule has 2 atom stereocenters. The lowest BCUT2D eigenvalue weighted by atomic mass is 9.86. The molecule has 0 aliphatic carbocycles. The van der Waals surface area contributed by atoms with Gasteiger partial charge in [0.2, 0.25) is 11.8 Å². The minimum absolute atomic E-state index is 0.0663. The summed E-state index contributed by atoms with van der Waals surface area (Å²) in [5.41, 5.74) is 3.92. The van der Waals surface area contributed by atoms with Gasteiger partial charge in [-0.15, -0.1) is 0 Å². The van der Waals surface area contributed by atoms with E-state index in [9.17, 15) is 19.7 Å². The quantitative estimate of drug-likeness (QED) is 0.326. The lowest BCUT2D eigenvalue weighted by Crippen LogP contribution is -2.62. The SMILES string of the molecule is O=C1C2Cc3c([nH]c4ccccc34)C(c3cccc([N+](=O)[O-])c3)N2C(=O)CN1Cc1ccccc1Cl. The van der Waals surface area contributed by atoms with Crippen LogP contribution in [0.25, 0.3) is 10.9 Å². The van der Waals surface area contributed by atoms with Crippen LogP contribution in [0.3, 0.4) is 0 Å². The molecule has 2 unspecified atom stereocenters. The molecule has 3 aromatic carbocycles. The molecule has 36 heavy (non-hydrogen) atoms. The van der Waals surface area contributed by atoms with Gasteiger partial charge in [-0.25, -0.2) is 0 Å². The summed E-state index contributed by atoms with van der Waals surface area (Å²) in [5, 5.41) is 13.0. The molecule has 180 valence electrons. The van der Waals surface area contributed by atoms with Gasteiger partial charge in [0.25, 0.3) is 5.69 Å². The van der Waals surface area contributed by atoms with E-state index in [1.165, 1.54) is 12.1 Å². The number of aromatic nitrogens is 1. The highest BCUT2D eigenvalue weighted by Crippen LogP contribution is 2.43. The Labute approximate surface area is 211 Å². The second-order valence-electron chi connectivity index (χ2n) is 9.12. The van der Waals surface area contributed by atoms with Crippen LogP contribution in [0.2, 0.25) is 5.02 Å². The number of halogens is 1. The summed E-state index contributed by atoms with van der Waals surface area (Å²) in [7, 11) is 0. The average Bonchev–Trinajstić information content (AvgIpc) is 3.25. The molecule has 6 rings (SSSR count). The summed E-state index contributed by atoms with van der Waals surface area (Å²) in [6.07, 6.45) is 0.356. The van der Waals surface area contributed by atoms with Gasteiger partial charge in [-0.3, -0.25) is 19.7 Å². The van der Waals surface area contributed by atoms with Crippen LogP contribution in [0, 0.1) is 10.1 Å². The van der Waals surface area contributed by atoms with Crippen LogP contribution in [-0.4, -0.2) is 44.1 Å². The van der Waals surface area contributed by atoms with Crippen molar-refractivity contribution in [2.75, 3.05) is 6.54 Å². The van der Waals surface area contributed by atoms with Crippen molar-refractivity contribution < 1.29 is 14.5 Å². The van der Waals surface area contributed by atoms with Crippen LogP contribution in [0.1, 0.15) is 28.4 Å². The molecule has 9 heteroatoms. The van der Waals surface area contributed by atoms with Gasteiger partial charge in [0, 0.05) is 46.7 Å². The van der Waals surface area contributed by atoms with Crippen LogP contribution in [0.5, 0.6) is 0 Å². The van der Waals surface area contributed by atoms with Crippen LogP contribution >= 0.6 is 11.6 Å². The van der Waals surface area contributed by atoms with Crippen LogP contribution < -0.4 is 0 Å². The Morgan fingerprint density at radius 2 is 1.81 bits per heavy atom. The van der Waals surface area contributed by atoms with Gasteiger partial charge in [0.1, 0.15) is 12.6 Å². The summed E-state index contributed by atoms with van der Waals surface area (Å²) in [4.78, 5) is 45.1. The number of nitrogens with zero attached hydrogens (tertiary/aromatic N) is 3. The number of hydrogen-bond donors (Lipinski definition) is 1. The van der Waals surface area contributed by atoms with Gasteiger partial charge >= 0.3 is 0 Å². The second kappa shape index (κ2) is 8.49. The Kier molecular flexibility index (Phi) is 5.26. The number of amides is 2. The van der Waals surface area contributed by atoms with E-state index in [4.69, 9.17) is 11.6 Å². The standard InChI is InChI=1S/C27H21ClN4O4/c28-21-10-3-1-6-17(21)14-30-15-24(33)31-23(27(30)34)13-20-19-9-2-4-11-22(19)29-25(20)26(31)16-7-5-8-18(12-16)32(35)36/h1-12,23,26,29H,13-15H2. The number of para-hydroxylation sites is 1. The maximum absolute atomic E-state index is 13.8. The van der Waals surface area contributed by atoms with Gasteiger partial charge in [0.15, 0.2) is 0 Å². The summed E-state index contributed by atoms with van der Waals surface area (Å²) >= 11 is 6.33. The zero-order chi connectivity index (χ0) is 25.0. The zero-order valence-electron chi connectivity index (χ0n) is 19.1. The Morgan fingerprint density at radius 3 is 2.61 bits per heavy atom. The topological polar surface area (TPSA) is 99.5 Å². The van der Waals surface area contributed by atoms with Crippen molar-refractivity contribution in [3.63, 3.8) is 0 Å². The third-order valence-electron chi connectivity index (χ3n) is 7.06. The normalized spacial score (nSPS) is 19.4. The van der Waals surface area contributed by atoms with Gasteiger partial charge in [-0.05, 0) is 28.8 Å². The van der Waals surface area contributed by atoms with Crippen molar-refractivity contribution in [3.05, 3.63) is 110 Å². The van der Waals surface area contributed by atoms with Gasteiger partial charge in [-0.1, -0.05) is 60.1 Å². The number of rotatable bonds is 4. The predicted octanol–water partition coefficient (Wildman–Crippen LogP) is 4.61. The number of carbonyl (C=O) groups excluding carboxylic acids is 2. The second-order valence-corrected chi connectivity index (χ2v) is 9.53. The number of aromatic amines is 1. The predicted molar refractivity (Wildman–Crippen MR) is 134 cm³/mol. The number of nitro benzene ring substituents is 1. The molecule has 0 saturated carbocycles. The number of piperazine rings is 1. The molecular weight excluding hydrogens is 480 g/mol. The molecule has 0 radical (unpaired) electrons. The van der Waals surface area contributed by atoms with E-state index in [-0.39, 0.29) is 30.6 Å². The first-order chi connectivity index (χ1) is 17.4. The Bertz CT molecular complexity index is 1550. The molecular formula is C27H21ClN4O4. The number of carbonyl (C=O) groups is 2. The lowest BCUT2D eigenvalue weighted by Gasteiger charge is -2.47. The van der Waals surface area contributed by atoms with Gasteiger partial charge < -0.3 is 14.8 Å². The monoisotopic (exact) mass is 500 g/mol. The average molecular weight is 501 g/mol. The summed E-state index contributed by atoms with van der Waals surface area (Å²) in [5.74, 6) is -0.381. The number of benzene rings is 3. The highest BCUT2D eigenvalue weighted by Gasteiger charge is 2.48. The molecule has 2 aliphatic heterocycles. The van der Waals surface area contributed by atoms with Crippen molar-refractivity contribution in [2.24, 2.45) is 0 Å². The molecule has 2 aliphatic rings. The maximum atomic E-state index is 13.8. The van der Waals surface area contributed by atoms with Crippen LogP contribution in [-0.2, 0) is 22.6 Å². The first-order valence-electron chi connectivity index (χ1n) is 11.6. The molecule has 2 amide bonds. The van der Waals surface area contributed by atoms with Crippen LogP contribution in [0.15, 0.2) is 72.8 Å².